The van der Waals surface area contributed by atoms with Crippen LogP contribution in [-0.4, -0.2) is 25.8 Å². The zero-order valence-corrected chi connectivity index (χ0v) is 12.7. The van der Waals surface area contributed by atoms with E-state index in [4.69, 9.17) is 11.6 Å². The number of carbonyl (C=O) groups excluding carboxylic acids is 1. The van der Waals surface area contributed by atoms with Crippen molar-refractivity contribution in [2.75, 3.05) is 5.32 Å². The Bertz CT molecular complexity index is 871. The predicted octanol–water partition coefficient (Wildman–Crippen LogP) is 2.89. The Kier molecular flexibility index (Phi) is 3.46. The molecule has 1 amide bonds. The van der Waals surface area contributed by atoms with Crippen LogP contribution in [-0.2, 0) is 7.05 Å². The number of aromatic hydroxyl groups is 1. The topological polar surface area (TPSA) is 80.0 Å². The molecule has 0 aliphatic carbocycles. The molecule has 0 saturated carbocycles. The minimum Gasteiger partial charge on any atom is -0.508 e. The van der Waals surface area contributed by atoms with E-state index < -0.39 is 0 Å². The van der Waals surface area contributed by atoms with Gasteiger partial charge in [0.1, 0.15) is 5.75 Å². The lowest BCUT2D eigenvalue weighted by Crippen LogP contribution is -2.13. The van der Waals surface area contributed by atoms with Gasteiger partial charge in [-0.1, -0.05) is 11.6 Å². The monoisotopic (exact) mass is 316 g/mol. The minimum absolute atomic E-state index is 0.130. The molecule has 2 aromatic heterocycles. The summed E-state index contributed by atoms with van der Waals surface area (Å²) in [5.41, 5.74) is 2.18. The second-order valence-corrected chi connectivity index (χ2v) is 5.27. The van der Waals surface area contributed by atoms with Crippen molar-refractivity contribution in [1.82, 2.24) is 14.8 Å². The lowest BCUT2D eigenvalue weighted by molar-refractivity contribution is 0.102. The molecule has 0 aliphatic rings. The van der Waals surface area contributed by atoms with Crippen molar-refractivity contribution in [3.8, 4) is 5.75 Å². The number of hydrogen-bond acceptors (Lipinski definition) is 4. The Labute approximate surface area is 131 Å². The highest BCUT2D eigenvalue weighted by atomic mass is 35.5. The number of aromatic nitrogens is 3. The largest absolute Gasteiger partial charge is 0.508 e. The predicted molar refractivity (Wildman–Crippen MR) is 84.3 cm³/mol. The number of hydrogen-bond donors (Lipinski definition) is 2. The number of amides is 1. The van der Waals surface area contributed by atoms with Gasteiger partial charge in [-0.15, -0.1) is 0 Å². The first-order valence-electron chi connectivity index (χ1n) is 6.55. The summed E-state index contributed by atoms with van der Waals surface area (Å²) < 4.78 is 1.62. The van der Waals surface area contributed by atoms with E-state index in [1.165, 1.54) is 18.3 Å². The average molecular weight is 317 g/mol. The summed E-state index contributed by atoms with van der Waals surface area (Å²) in [5.74, 6) is -0.238. The summed E-state index contributed by atoms with van der Waals surface area (Å²) in [6.45, 7) is 1.82. The molecule has 0 aliphatic heterocycles. The fourth-order valence-electron chi connectivity index (χ4n) is 2.27. The Balaban J connectivity index is 1.99. The molecule has 22 heavy (non-hydrogen) atoms. The number of nitrogens with one attached hydrogen (secondary N) is 1. The number of nitrogens with zero attached hydrogens (tertiary/aromatic N) is 3. The molecule has 0 radical (unpaired) electrons. The molecule has 1 aromatic carbocycles. The van der Waals surface area contributed by atoms with E-state index in [1.54, 1.807) is 23.9 Å². The molecule has 0 saturated heterocycles. The van der Waals surface area contributed by atoms with Crippen LogP contribution in [0.25, 0.3) is 11.0 Å². The third-order valence-electron chi connectivity index (χ3n) is 3.33. The van der Waals surface area contributed by atoms with Crippen LogP contribution in [0.4, 0.5) is 5.69 Å². The fraction of sp³-hybridized carbons (Fsp3) is 0.133. The number of rotatable bonds is 2. The second kappa shape index (κ2) is 5.31. The van der Waals surface area contributed by atoms with Crippen molar-refractivity contribution >= 4 is 34.2 Å². The standard InChI is InChI=1S/C15H13ClN4O2/c1-8-12-13(16)11(7-17-14(12)20(2)19-8)15(22)18-9-3-5-10(21)6-4-9/h3-7,21H,1-2H3,(H,18,22). The second-order valence-electron chi connectivity index (χ2n) is 4.89. The first-order valence-corrected chi connectivity index (χ1v) is 6.93. The normalized spacial score (nSPS) is 10.9. The number of benzene rings is 1. The third kappa shape index (κ3) is 2.37. The molecule has 0 spiro atoms. The number of carbonyl (C=O) groups is 1. The van der Waals surface area contributed by atoms with Gasteiger partial charge in [0.15, 0.2) is 5.65 Å². The molecule has 2 N–H and O–H groups in total. The van der Waals surface area contributed by atoms with Crippen LogP contribution in [0.5, 0.6) is 5.75 Å². The molecule has 0 unspecified atom stereocenters. The maximum atomic E-state index is 12.4. The smallest absolute Gasteiger partial charge is 0.258 e. The van der Waals surface area contributed by atoms with E-state index in [0.29, 0.717) is 27.4 Å². The van der Waals surface area contributed by atoms with Crippen molar-refractivity contribution in [2.24, 2.45) is 7.05 Å². The van der Waals surface area contributed by atoms with Crippen LogP contribution in [0.15, 0.2) is 30.5 Å². The van der Waals surface area contributed by atoms with Crippen LogP contribution in [0, 0.1) is 6.92 Å². The zero-order valence-electron chi connectivity index (χ0n) is 12.0. The van der Waals surface area contributed by atoms with E-state index in [0.717, 1.165) is 0 Å². The van der Waals surface area contributed by atoms with Gasteiger partial charge in [0.25, 0.3) is 5.91 Å². The molecule has 0 fully saturated rings. The van der Waals surface area contributed by atoms with Gasteiger partial charge in [0.05, 0.1) is 21.7 Å². The van der Waals surface area contributed by atoms with Crippen molar-refractivity contribution in [3.05, 3.63) is 46.7 Å². The Morgan fingerprint density at radius 1 is 1.32 bits per heavy atom. The highest BCUT2D eigenvalue weighted by Crippen LogP contribution is 2.28. The number of phenolic OH excluding ortho intramolecular Hbond substituents is 1. The number of fused-ring (bicyclic) bond motifs is 1. The fourth-order valence-corrected chi connectivity index (χ4v) is 2.63. The van der Waals surface area contributed by atoms with Crippen LogP contribution >= 0.6 is 11.6 Å². The van der Waals surface area contributed by atoms with Crippen molar-refractivity contribution in [1.29, 1.82) is 0 Å². The highest BCUT2D eigenvalue weighted by Gasteiger charge is 2.18. The lowest BCUT2D eigenvalue weighted by Gasteiger charge is -2.07. The molecule has 2 heterocycles. The SMILES string of the molecule is Cc1nn(C)c2ncc(C(=O)Nc3ccc(O)cc3)c(Cl)c12. The molecule has 0 bridgehead atoms. The molecule has 6 nitrogen and oxygen atoms in total. The van der Waals surface area contributed by atoms with E-state index in [1.807, 2.05) is 6.92 Å². The summed E-state index contributed by atoms with van der Waals surface area (Å²) in [4.78, 5) is 16.6. The van der Waals surface area contributed by atoms with Crippen LogP contribution < -0.4 is 5.32 Å². The van der Waals surface area contributed by atoms with Gasteiger partial charge in [-0.2, -0.15) is 5.10 Å². The van der Waals surface area contributed by atoms with Gasteiger partial charge in [-0.05, 0) is 31.2 Å². The number of aryl methyl sites for hydroxylation is 2. The Morgan fingerprint density at radius 2 is 2.00 bits per heavy atom. The van der Waals surface area contributed by atoms with Gasteiger partial charge in [0, 0.05) is 18.9 Å². The van der Waals surface area contributed by atoms with Crippen molar-refractivity contribution < 1.29 is 9.90 Å². The molecule has 3 rings (SSSR count). The molecular weight excluding hydrogens is 304 g/mol. The first kappa shape index (κ1) is 14.3. The summed E-state index contributed by atoms with van der Waals surface area (Å²) in [6, 6.07) is 6.18. The number of pyridine rings is 1. The maximum Gasteiger partial charge on any atom is 0.258 e. The van der Waals surface area contributed by atoms with Gasteiger partial charge in [-0.25, -0.2) is 4.98 Å². The summed E-state index contributed by atoms with van der Waals surface area (Å²) in [7, 11) is 1.77. The molecule has 7 heteroatoms. The molecule has 112 valence electrons. The summed E-state index contributed by atoms with van der Waals surface area (Å²) >= 11 is 6.35. The van der Waals surface area contributed by atoms with E-state index >= 15 is 0 Å². The molecular formula is C15H13ClN4O2. The lowest BCUT2D eigenvalue weighted by atomic mass is 10.2. The van der Waals surface area contributed by atoms with Crippen molar-refractivity contribution in [2.45, 2.75) is 6.92 Å². The number of phenols is 1. The van der Waals surface area contributed by atoms with Crippen molar-refractivity contribution in [3.63, 3.8) is 0 Å². The summed E-state index contributed by atoms with van der Waals surface area (Å²) in [5, 5.41) is 17.2. The minimum atomic E-state index is -0.367. The number of halogens is 1. The van der Waals surface area contributed by atoms with Gasteiger partial charge >= 0.3 is 0 Å². The average Bonchev–Trinajstić information content (AvgIpc) is 2.77. The Hall–Kier alpha value is -2.60. The summed E-state index contributed by atoms with van der Waals surface area (Å²) in [6.07, 6.45) is 1.43. The highest BCUT2D eigenvalue weighted by molar-refractivity contribution is 6.39. The van der Waals surface area contributed by atoms with Gasteiger partial charge in [0.2, 0.25) is 0 Å². The van der Waals surface area contributed by atoms with Crippen LogP contribution in [0.3, 0.4) is 0 Å². The quantitative estimate of drug-likeness (QED) is 0.712. The molecule has 3 aromatic rings. The van der Waals surface area contributed by atoms with Crippen LogP contribution in [0.1, 0.15) is 16.1 Å². The van der Waals surface area contributed by atoms with Crippen LogP contribution in [0.2, 0.25) is 5.02 Å². The van der Waals surface area contributed by atoms with E-state index in [2.05, 4.69) is 15.4 Å². The Morgan fingerprint density at radius 3 is 2.68 bits per heavy atom. The first-order chi connectivity index (χ1) is 10.5. The third-order valence-corrected chi connectivity index (χ3v) is 3.73. The van der Waals surface area contributed by atoms with E-state index in [-0.39, 0.29) is 17.2 Å². The maximum absolute atomic E-state index is 12.4. The number of anilines is 1. The molecule has 0 atom stereocenters. The van der Waals surface area contributed by atoms with Gasteiger partial charge < -0.3 is 10.4 Å². The van der Waals surface area contributed by atoms with Gasteiger partial charge in [-0.3, -0.25) is 9.48 Å². The van der Waals surface area contributed by atoms with E-state index in [9.17, 15) is 9.90 Å². The zero-order chi connectivity index (χ0) is 15.9.